The van der Waals surface area contributed by atoms with E-state index in [-0.39, 0.29) is 11.3 Å². The Labute approximate surface area is 149 Å². The predicted molar refractivity (Wildman–Crippen MR) is 93.5 cm³/mol. The van der Waals surface area contributed by atoms with Gasteiger partial charge >= 0.3 is 0 Å². The first kappa shape index (κ1) is 15.9. The lowest BCUT2D eigenvalue weighted by molar-refractivity contribution is -0.169. The summed E-state index contributed by atoms with van der Waals surface area (Å²) in [5.74, 6) is 0.109. The van der Waals surface area contributed by atoms with Gasteiger partial charge in [-0.15, -0.1) is 0 Å². The highest BCUT2D eigenvalue weighted by Gasteiger charge is 2.40. The Bertz CT molecular complexity index is 938. The molecule has 2 aromatic rings. The van der Waals surface area contributed by atoms with Gasteiger partial charge < -0.3 is 14.4 Å². The van der Waals surface area contributed by atoms with E-state index in [4.69, 9.17) is 9.47 Å². The number of carbonyl (C=O) groups is 1. The first-order valence-electron chi connectivity index (χ1n) is 9.13. The van der Waals surface area contributed by atoms with Crippen molar-refractivity contribution in [3.05, 3.63) is 27.7 Å². The molecule has 1 aliphatic carbocycles. The molecule has 0 unspecified atom stereocenters. The lowest BCUT2D eigenvalue weighted by Gasteiger charge is -2.37. The number of hydrogen-bond donors (Lipinski definition) is 1. The molecule has 0 saturated carbocycles. The molecule has 0 radical (unpaired) electrons. The number of anilines is 1. The molecule has 1 spiro atoms. The summed E-state index contributed by atoms with van der Waals surface area (Å²) < 4.78 is 11.5. The summed E-state index contributed by atoms with van der Waals surface area (Å²) in [6.07, 6.45) is 5.04. The van der Waals surface area contributed by atoms with Gasteiger partial charge in [0.15, 0.2) is 17.2 Å². The van der Waals surface area contributed by atoms with Crippen LogP contribution < -0.4 is 10.5 Å². The molecule has 4 heterocycles. The molecule has 8 heteroatoms. The van der Waals surface area contributed by atoms with Crippen molar-refractivity contribution in [2.45, 2.75) is 37.9 Å². The molecule has 1 N–H and O–H groups in total. The number of nitrogens with one attached hydrogen (secondary N) is 1. The minimum Gasteiger partial charge on any atom is -0.347 e. The van der Waals surface area contributed by atoms with Crippen LogP contribution in [0.25, 0.3) is 11.0 Å². The molecule has 5 rings (SSSR count). The average molecular weight is 356 g/mol. The summed E-state index contributed by atoms with van der Waals surface area (Å²) in [5, 5.41) is 0.454. The topological polar surface area (TPSA) is 97.4 Å². The van der Waals surface area contributed by atoms with E-state index in [1.54, 1.807) is 6.20 Å². The molecule has 2 saturated heterocycles. The summed E-state index contributed by atoms with van der Waals surface area (Å²) in [4.78, 5) is 38.6. The number of ketones is 1. The zero-order chi connectivity index (χ0) is 17.7. The molecule has 2 fully saturated rings. The van der Waals surface area contributed by atoms with Gasteiger partial charge in [0.1, 0.15) is 0 Å². The third kappa shape index (κ3) is 2.44. The number of aromatic nitrogens is 3. The smallest absolute Gasteiger partial charge is 0.262 e. The zero-order valence-electron chi connectivity index (χ0n) is 14.4. The number of hydrogen-bond acceptors (Lipinski definition) is 7. The second-order valence-electron chi connectivity index (χ2n) is 7.11. The molecule has 0 amide bonds. The van der Waals surface area contributed by atoms with Crippen molar-refractivity contribution in [2.75, 3.05) is 31.2 Å². The second-order valence-corrected chi connectivity index (χ2v) is 7.11. The number of aryl methyl sites for hydroxylation is 1. The molecule has 8 nitrogen and oxygen atoms in total. The normalized spacial score (nSPS) is 22.2. The maximum absolute atomic E-state index is 12.7. The number of piperidine rings is 1. The largest absolute Gasteiger partial charge is 0.347 e. The zero-order valence-corrected chi connectivity index (χ0v) is 14.4. The van der Waals surface area contributed by atoms with Crippen LogP contribution >= 0.6 is 0 Å². The maximum atomic E-state index is 12.7. The Balaban J connectivity index is 1.50. The fourth-order valence-corrected chi connectivity index (χ4v) is 4.21. The molecule has 26 heavy (non-hydrogen) atoms. The molecular formula is C18H20N4O4. The van der Waals surface area contributed by atoms with Crippen molar-refractivity contribution in [2.24, 2.45) is 0 Å². The molecular weight excluding hydrogens is 336 g/mol. The summed E-state index contributed by atoms with van der Waals surface area (Å²) in [7, 11) is 0. The SMILES string of the molecule is O=C1CCCc2c1cnc1nc(N3CCC4(CC3)OCCO4)[nH]c(=O)c21. The van der Waals surface area contributed by atoms with E-state index in [0.29, 0.717) is 61.7 Å². The number of rotatable bonds is 1. The van der Waals surface area contributed by atoms with Crippen LogP contribution in [0.4, 0.5) is 5.95 Å². The standard InChI is InChI=1S/C18H20N4O4/c23-13-3-1-2-11-12(13)10-19-15-14(11)16(24)21-17(20-15)22-6-4-18(5-7-22)25-8-9-26-18/h10H,1-9H2,(H,19,20,21,24). The van der Waals surface area contributed by atoms with Crippen molar-refractivity contribution in [3.8, 4) is 0 Å². The van der Waals surface area contributed by atoms with Crippen LogP contribution in [0.3, 0.4) is 0 Å². The maximum Gasteiger partial charge on any atom is 0.262 e. The highest BCUT2D eigenvalue weighted by atomic mass is 16.7. The first-order valence-corrected chi connectivity index (χ1v) is 9.13. The van der Waals surface area contributed by atoms with Crippen LogP contribution in [0, 0.1) is 0 Å². The summed E-state index contributed by atoms with van der Waals surface area (Å²) >= 11 is 0. The van der Waals surface area contributed by atoms with Crippen molar-refractivity contribution in [1.82, 2.24) is 15.0 Å². The van der Waals surface area contributed by atoms with Gasteiger partial charge in [0, 0.05) is 44.1 Å². The first-order chi connectivity index (χ1) is 12.7. The van der Waals surface area contributed by atoms with E-state index >= 15 is 0 Å². The van der Waals surface area contributed by atoms with Crippen LogP contribution in [0.15, 0.2) is 11.0 Å². The number of ether oxygens (including phenoxy) is 2. The van der Waals surface area contributed by atoms with Crippen LogP contribution in [0.1, 0.15) is 41.6 Å². The average Bonchev–Trinajstić information content (AvgIpc) is 3.10. The van der Waals surface area contributed by atoms with E-state index in [9.17, 15) is 9.59 Å². The third-order valence-corrected chi connectivity index (χ3v) is 5.60. The minimum absolute atomic E-state index is 0.0574. The van der Waals surface area contributed by atoms with E-state index in [1.807, 2.05) is 4.90 Å². The minimum atomic E-state index is -0.467. The van der Waals surface area contributed by atoms with Crippen molar-refractivity contribution in [3.63, 3.8) is 0 Å². The highest BCUT2D eigenvalue weighted by Crippen LogP contribution is 2.32. The highest BCUT2D eigenvalue weighted by molar-refractivity contribution is 6.01. The lowest BCUT2D eigenvalue weighted by atomic mass is 9.90. The molecule has 3 aliphatic rings. The second kappa shape index (κ2) is 5.85. The molecule has 0 aromatic carbocycles. The monoisotopic (exact) mass is 356 g/mol. The summed E-state index contributed by atoms with van der Waals surface area (Å²) in [5.41, 5.74) is 1.54. The number of pyridine rings is 1. The van der Waals surface area contributed by atoms with Gasteiger partial charge in [-0.25, -0.2) is 4.98 Å². The Kier molecular flexibility index (Phi) is 3.58. The predicted octanol–water partition coefficient (Wildman–Crippen LogP) is 1.18. The van der Waals surface area contributed by atoms with Crippen LogP contribution in [-0.2, 0) is 15.9 Å². The molecule has 0 atom stereocenters. The number of Topliss-reactive ketones (excluding diaryl/α,β-unsaturated/α-hetero) is 1. The van der Waals surface area contributed by atoms with E-state index in [2.05, 4.69) is 15.0 Å². The van der Waals surface area contributed by atoms with Crippen molar-refractivity contribution in [1.29, 1.82) is 0 Å². The van der Waals surface area contributed by atoms with E-state index in [0.717, 1.165) is 24.8 Å². The number of H-pyrrole nitrogens is 1. The lowest BCUT2D eigenvalue weighted by Crippen LogP contribution is -2.46. The van der Waals surface area contributed by atoms with Gasteiger partial charge in [-0.2, -0.15) is 4.98 Å². The van der Waals surface area contributed by atoms with Gasteiger partial charge in [0.25, 0.3) is 5.56 Å². The number of aromatic amines is 1. The fraction of sp³-hybridized carbons (Fsp3) is 0.556. The fourth-order valence-electron chi connectivity index (χ4n) is 4.21. The Morgan fingerprint density at radius 1 is 1.12 bits per heavy atom. The quantitative estimate of drug-likeness (QED) is 0.819. The van der Waals surface area contributed by atoms with Crippen molar-refractivity contribution < 1.29 is 14.3 Å². The Morgan fingerprint density at radius 2 is 1.88 bits per heavy atom. The van der Waals surface area contributed by atoms with Gasteiger partial charge in [-0.3, -0.25) is 14.6 Å². The van der Waals surface area contributed by atoms with Gasteiger partial charge in [0.2, 0.25) is 5.95 Å². The molecule has 2 aliphatic heterocycles. The van der Waals surface area contributed by atoms with E-state index < -0.39 is 5.79 Å². The van der Waals surface area contributed by atoms with Gasteiger partial charge in [-0.05, 0) is 18.4 Å². The number of nitrogens with zero attached hydrogens (tertiary/aromatic N) is 3. The number of fused-ring (bicyclic) bond motifs is 3. The third-order valence-electron chi connectivity index (χ3n) is 5.60. The van der Waals surface area contributed by atoms with E-state index in [1.165, 1.54) is 0 Å². The Morgan fingerprint density at radius 3 is 2.65 bits per heavy atom. The van der Waals surface area contributed by atoms with Crippen LogP contribution in [0.5, 0.6) is 0 Å². The van der Waals surface area contributed by atoms with Crippen LogP contribution in [-0.4, -0.2) is 52.8 Å². The Hall–Kier alpha value is -2.32. The molecule has 2 aromatic heterocycles. The summed E-state index contributed by atoms with van der Waals surface area (Å²) in [6.45, 7) is 2.66. The van der Waals surface area contributed by atoms with Gasteiger partial charge in [0.05, 0.1) is 18.6 Å². The van der Waals surface area contributed by atoms with Gasteiger partial charge in [-0.1, -0.05) is 0 Å². The number of carbonyl (C=O) groups excluding carboxylic acids is 1. The van der Waals surface area contributed by atoms with Crippen LogP contribution in [0.2, 0.25) is 0 Å². The molecule has 0 bridgehead atoms. The molecule has 136 valence electrons. The van der Waals surface area contributed by atoms with Crippen molar-refractivity contribution >= 4 is 22.8 Å². The summed E-state index contributed by atoms with van der Waals surface area (Å²) in [6, 6.07) is 0.